The molecule has 0 saturated heterocycles. The molecule has 0 aromatic heterocycles. The van der Waals surface area contributed by atoms with Gasteiger partial charge >= 0.3 is 6.16 Å². The van der Waals surface area contributed by atoms with Crippen LogP contribution in [0, 0.1) is 0 Å². The predicted molar refractivity (Wildman–Crippen MR) is 139 cm³/mol. The first-order valence-corrected chi connectivity index (χ1v) is 13.3. The van der Waals surface area contributed by atoms with E-state index in [2.05, 4.69) is 33.8 Å². The smallest absolute Gasteiger partial charge is 0.394 e. The van der Waals surface area contributed by atoms with Gasteiger partial charge in [-0.25, -0.2) is 4.79 Å². The number of carbonyl (C=O) groups is 1. The first-order chi connectivity index (χ1) is 16.1. The number of hydrogen-bond acceptors (Lipinski definition) is 3. The molecule has 0 radical (unpaired) electrons. The van der Waals surface area contributed by atoms with E-state index in [-0.39, 0.29) is 0 Å². The van der Waals surface area contributed by atoms with Crippen molar-refractivity contribution in [2.45, 2.75) is 111 Å². The molecule has 182 valence electrons. The van der Waals surface area contributed by atoms with Gasteiger partial charge in [-0.1, -0.05) is 84.1 Å². The average molecular weight is 453 g/mol. The molecule has 2 aromatic carbocycles. The summed E-state index contributed by atoms with van der Waals surface area (Å²) >= 11 is 0. The molecule has 0 atom stereocenters. The summed E-state index contributed by atoms with van der Waals surface area (Å²) in [6.45, 7) is 8.86. The molecule has 0 aliphatic carbocycles. The fourth-order valence-electron chi connectivity index (χ4n) is 4.29. The molecule has 0 unspecified atom stereocenters. The molecule has 3 heteroatoms. The van der Waals surface area contributed by atoms with E-state index in [0.29, 0.717) is 11.5 Å². The summed E-state index contributed by atoms with van der Waals surface area (Å²) in [7, 11) is 0. The maximum Gasteiger partial charge on any atom is 0.519 e. The molecular formula is C30H44O3. The molecule has 33 heavy (non-hydrogen) atoms. The minimum absolute atomic E-state index is 0.611. The lowest BCUT2D eigenvalue weighted by atomic mass is 9.90. The first-order valence-electron chi connectivity index (χ1n) is 13.3. The number of rotatable bonds is 15. The summed E-state index contributed by atoms with van der Waals surface area (Å²) in [5.74, 6) is 1.28. The highest BCUT2D eigenvalue weighted by Crippen LogP contribution is 2.31. The van der Waals surface area contributed by atoms with Crippen molar-refractivity contribution in [2.24, 2.45) is 0 Å². The van der Waals surface area contributed by atoms with Crippen LogP contribution in [0.15, 0.2) is 36.4 Å². The molecule has 0 heterocycles. The summed E-state index contributed by atoms with van der Waals surface area (Å²) in [5, 5.41) is 0. The van der Waals surface area contributed by atoms with Gasteiger partial charge in [-0.2, -0.15) is 0 Å². The van der Waals surface area contributed by atoms with Crippen molar-refractivity contribution in [3.05, 3.63) is 58.7 Å². The zero-order chi connectivity index (χ0) is 23.9. The second-order valence-electron chi connectivity index (χ2n) is 9.01. The predicted octanol–water partition coefficient (Wildman–Crippen LogP) is 9.02. The highest BCUT2D eigenvalue weighted by Gasteiger charge is 2.18. The van der Waals surface area contributed by atoms with E-state index in [1.54, 1.807) is 0 Å². The average Bonchev–Trinajstić information content (AvgIpc) is 2.82. The monoisotopic (exact) mass is 452 g/mol. The van der Waals surface area contributed by atoms with E-state index >= 15 is 0 Å². The van der Waals surface area contributed by atoms with Crippen LogP contribution in [0.1, 0.15) is 108 Å². The van der Waals surface area contributed by atoms with Crippen molar-refractivity contribution in [1.82, 2.24) is 0 Å². The standard InChI is InChI=1S/C30H44O3/c1-5-9-13-17-25-18-14-15-21-28(25)32-30(31)33-29-23-22-24(16-10-6-2)26(19-11-7-3)27(29)20-12-8-4/h14-15,18,21-23H,5-13,16-17,19-20H2,1-4H3. The van der Waals surface area contributed by atoms with Gasteiger partial charge in [0.2, 0.25) is 0 Å². The van der Waals surface area contributed by atoms with E-state index in [4.69, 9.17) is 9.47 Å². The number of carbonyl (C=O) groups excluding carboxylic acids is 1. The van der Waals surface area contributed by atoms with E-state index in [9.17, 15) is 4.79 Å². The first kappa shape index (κ1) is 27.0. The van der Waals surface area contributed by atoms with Crippen LogP contribution in [0.2, 0.25) is 0 Å². The molecular weight excluding hydrogens is 408 g/mol. The molecule has 2 rings (SSSR count). The van der Waals surface area contributed by atoms with Gasteiger partial charge in [-0.05, 0) is 85.8 Å². The molecule has 0 aliphatic heterocycles. The number of unbranched alkanes of at least 4 members (excludes halogenated alkanes) is 5. The van der Waals surface area contributed by atoms with Gasteiger partial charge in [0.1, 0.15) is 11.5 Å². The van der Waals surface area contributed by atoms with Crippen LogP contribution in [0.25, 0.3) is 0 Å². The highest BCUT2D eigenvalue weighted by molar-refractivity contribution is 5.68. The lowest BCUT2D eigenvalue weighted by Crippen LogP contribution is -2.17. The summed E-state index contributed by atoms with van der Waals surface area (Å²) in [5.41, 5.74) is 5.07. The number of aryl methyl sites for hydroxylation is 2. The number of ether oxygens (including phenoxy) is 2. The zero-order valence-corrected chi connectivity index (χ0v) is 21.4. The molecule has 0 N–H and O–H groups in total. The largest absolute Gasteiger partial charge is 0.519 e. The highest BCUT2D eigenvalue weighted by atomic mass is 16.7. The Labute approximate surface area is 201 Å². The Morgan fingerprint density at radius 2 is 1.15 bits per heavy atom. The summed E-state index contributed by atoms with van der Waals surface area (Å²) in [4.78, 5) is 12.8. The van der Waals surface area contributed by atoms with Crippen molar-refractivity contribution >= 4 is 6.16 Å². The fraction of sp³-hybridized carbons (Fsp3) is 0.567. The Kier molecular flexibility index (Phi) is 12.7. The molecule has 0 fully saturated rings. The normalized spacial score (nSPS) is 10.9. The Balaban J connectivity index is 2.25. The Morgan fingerprint density at radius 1 is 0.576 bits per heavy atom. The molecule has 0 spiro atoms. The number of hydrogen-bond donors (Lipinski definition) is 0. The van der Waals surface area contributed by atoms with Gasteiger partial charge in [0.25, 0.3) is 0 Å². The van der Waals surface area contributed by atoms with Crippen molar-refractivity contribution in [2.75, 3.05) is 0 Å². The van der Waals surface area contributed by atoms with Crippen LogP contribution in [-0.2, 0) is 25.7 Å². The molecule has 0 amide bonds. The lowest BCUT2D eigenvalue weighted by Gasteiger charge is -2.19. The SMILES string of the molecule is CCCCCc1ccccc1OC(=O)Oc1ccc(CCCC)c(CCCC)c1CCCC. The van der Waals surface area contributed by atoms with Crippen LogP contribution in [0.4, 0.5) is 4.79 Å². The second-order valence-corrected chi connectivity index (χ2v) is 9.01. The van der Waals surface area contributed by atoms with E-state index < -0.39 is 6.16 Å². The van der Waals surface area contributed by atoms with Crippen LogP contribution in [0.3, 0.4) is 0 Å². The summed E-state index contributed by atoms with van der Waals surface area (Å²) < 4.78 is 11.5. The van der Waals surface area contributed by atoms with Gasteiger partial charge in [-0.3, -0.25) is 0 Å². The third-order valence-corrected chi connectivity index (χ3v) is 6.25. The van der Waals surface area contributed by atoms with Crippen LogP contribution >= 0.6 is 0 Å². The maximum absolute atomic E-state index is 12.8. The maximum atomic E-state index is 12.8. The summed E-state index contributed by atoms with van der Waals surface area (Å²) in [6.07, 6.45) is 13.6. The van der Waals surface area contributed by atoms with Crippen LogP contribution in [-0.4, -0.2) is 6.16 Å². The van der Waals surface area contributed by atoms with Gasteiger partial charge in [0.05, 0.1) is 0 Å². The Morgan fingerprint density at radius 3 is 1.85 bits per heavy atom. The van der Waals surface area contributed by atoms with Gasteiger partial charge in [-0.15, -0.1) is 0 Å². The molecule has 3 nitrogen and oxygen atoms in total. The fourth-order valence-corrected chi connectivity index (χ4v) is 4.29. The van der Waals surface area contributed by atoms with Gasteiger partial charge in [0, 0.05) is 0 Å². The van der Waals surface area contributed by atoms with Crippen LogP contribution < -0.4 is 9.47 Å². The minimum Gasteiger partial charge on any atom is -0.394 e. The van der Waals surface area contributed by atoms with Gasteiger partial charge in [0.15, 0.2) is 0 Å². The summed E-state index contributed by atoms with van der Waals surface area (Å²) in [6, 6.07) is 12.0. The van der Waals surface area contributed by atoms with E-state index in [1.165, 1.54) is 42.4 Å². The van der Waals surface area contributed by atoms with Crippen molar-refractivity contribution < 1.29 is 14.3 Å². The van der Waals surface area contributed by atoms with Crippen molar-refractivity contribution in [3.63, 3.8) is 0 Å². The Hall–Kier alpha value is -2.29. The Bertz CT molecular complexity index is 840. The molecule has 0 bridgehead atoms. The second kappa shape index (κ2) is 15.5. The number of para-hydroxylation sites is 1. The third-order valence-electron chi connectivity index (χ3n) is 6.25. The molecule has 0 saturated carbocycles. The third kappa shape index (κ3) is 8.87. The van der Waals surface area contributed by atoms with Gasteiger partial charge < -0.3 is 9.47 Å². The molecule has 2 aromatic rings. The lowest BCUT2D eigenvalue weighted by molar-refractivity contribution is 0.151. The zero-order valence-electron chi connectivity index (χ0n) is 21.4. The molecule has 0 aliphatic rings. The van der Waals surface area contributed by atoms with Crippen molar-refractivity contribution in [1.29, 1.82) is 0 Å². The quantitative estimate of drug-likeness (QED) is 0.154. The minimum atomic E-state index is -0.640. The van der Waals surface area contributed by atoms with E-state index in [1.807, 2.05) is 30.3 Å². The number of benzene rings is 2. The van der Waals surface area contributed by atoms with Crippen molar-refractivity contribution in [3.8, 4) is 11.5 Å². The topological polar surface area (TPSA) is 35.5 Å². The van der Waals surface area contributed by atoms with Crippen LogP contribution in [0.5, 0.6) is 11.5 Å². The van der Waals surface area contributed by atoms with E-state index in [0.717, 1.165) is 63.4 Å².